The Hall–Kier alpha value is 0.840. The smallest absolute Gasteiger partial charge is 0.264 e. The van der Waals surface area contributed by atoms with Crippen molar-refractivity contribution in [2.75, 3.05) is 6.61 Å². The number of rotatable bonds is 4. The van der Waals surface area contributed by atoms with Gasteiger partial charge in [0.15, 0.2) is 3.55 Å². The van der Waals surface area contributed by atoms with Crippen molar-refractivity contribution in [2.45, 2.75) is 27.6 Å². The highest BCUT2D eigenvalue weighted by Crippen LogP contribution is 2.50. The molecule has 1 fully saturated rings. The van der Waals surface area contributed by atoms with E-state index in [1.54, 1.807) is 86.5 Å². The average molecular weight is 661 g/mol. The molecule has 1 aromatic carbocycles. The summed E-state index contributed by atoms with van der Waals surface area (Å²) in [4.78, 5) is 12.9. The maximum absolute atomic E-state index is 12.9. The maximum atomic E-state index is 12.9. The largest absolute Gasteiger partial charge is 0.394 e. The van der Waals surface area contributed by atoms with Crippen LogP contribution in [0.1, 0.15) is 10.4 Å². The number of aliphatic hydroxyl groups excluding tert-OH is 3. The van der Waals surface area contributed by atoms with Crippen molar-refractivity contribution >= 4 is 74.1 Å². The van der Waals surface area contributed by atoms with Gasteiger partial charge in [-0.1, -0.05) is 52.9 Å². The Morgan fingerprint density at radius 2 is 1.83 bits per heavy atom. The fourth-order valence-corrected chi connectivity index (χ4v) is 4.32. The quantitative estimate of drug-likeness (QED) is 0.124. The van der Waals surface area contributed by atoms with E-state index < -0.39 is 40.0 Å². The molecule has 0 saturated carbocycles. The molecule has 7 nitrogen and oxygen atoms in total. The maximum Gasteiger partial charge on any atom is 0.264 e. The Balaban J connectivity index is 2.56. The third-order valence-corrected chi connectivity index (χ3v) is 8.88. The Kier molecular flexibility index (Phi) is 6.67. The summed E-state index contributed by atoms with van der Waals surface area (Å²) in [5.74, 6) is -3.24. The van der Waals surface area contributed by atoms with Gasteiger partial charge in [-0.05, 0) is 0 Å². The molecule has 0 aliphatic carbocycles. The lowest BCUT2D eigenvalue weighted by Crippen LogP contribution is -2.75. The monoisotopic (exact) mass is 661 g/mol. The highest BCUT2D eigenvalue weighted by atomic mass is 127. The van der Waals surface area contributed by atoms with Crippen molar-refractivity contribution in [3.05, 3.63) is 35.9 Å². The summed E-state index contributed by atoms with van der Waals surface area (Å²) in [6, 6.07) is 8.01. The van der Waals surface area contributed by atoms with Crippen LogP contribution in [0, 0.1) is 0 Å². The van der Waals surface area contributed by atoms with Crippen LogP contribution in [0.2, 0.25) is 0 Å². The lowest BCUT2D eigenvalue weighted by Gasteiger charge is -2.53. The van der Waals surface area contributed by atoms with E-state index >= 15 is 0 Å². The lowest BCUT2D eigenvalue weighted by molar-refractivity contribution is -0.298. The minimum Gasteiger partial charge on any atom is -0.394 e. The predicted octanol–water partition coefficient (Wildman–Crippen LogP) is 0.804. The molecule has 0 bridgehead atoms. The van der Waals surface area contributed by atoms with Gasteiger partial charge in [0.05, 0.1) is 6.61 Å². The van der Waals surface area contributed by atoms with Crippen LogP contribution in [0.15, 0.2) is 30.3 Å². The number of aliphatic hydroxyl groups is 4. The Labute approximate surface area is 174 Å². The third-order valence-electron chi connectivity index (χ3n) is 3.66. The minimum atomic E-state index is -2.47. The fourth-order valence-electron chi connectivity index (χ4n) is 2.36. The van der Waals surface area contributed by atoms with Crippen LogP contribution in [0.3, 0.4) is 0 Å². The van der Waals surface area contributed by atoms with Crippen LogP contribution in [0.25, 0.3) is 0 Å². The first kappa shape index (κ1) is 20.2. The molecule has 0 radical (unpaired) electrons. The number of nitrogens with zero attached hydrogens (tertiary/aromatic N) is 1. The molecular weight excluding hydrogens is 647 g/mol. The highest BCUT2D eigenvalue weighted by Gasteiger charge is 2.68. The van der Waals surface area contributed by atoms with Crippen LogP contribution in [0.5, 0.6) is 0 Å². The van der Waals surface area contributed by atoms with Gasteiger partial charge < -0.3 is 25.2 Å². The van der Waals surface area contributed by atoms with E-state index in [2.05, 4.69) is 0 Å². The summed E-state index contributed by atoms with van der Waals surface area (Å²) >= 11 is 5.27. The van der Waals surface area contributed by atoms with Gasteiger partial charge in [0.25, 0.3) is 5.79 Å². The van der Waals surface area contributed by atoms with E-state index in [0.717, 1.165) is 0 Å². The molecule has 10 heteroatoms. The second-order valence-electron chi connectivity index (χ2n) is 5.02. The molecule has 5 atom stereocenters. The van der Waals surface area contributed by atoms with E-state index in [4.69, 9.17) is 4.74 Å². The number of halogens is 3. The molecule has 4 N–H and O–H groups in total. The molecule has 0 amide bonds. The van der Waals surface area contributed by atoms with Gasteiger partial charge >= 0.3 is 0 Å². The zero-order valence-electron chi connectivity index (χ0n) is 11.5. The molecule has 1 heterocycles. The molecule has 1 unspecified atom stereocenters. The van der Waals surface area contributed by atoms with E-state index in [0.29, 0.717) is 0 Å². The Morgan fingerprint density at radius 1 is 1.26 bits per heavy atom. The van der Waals surface area contributed by atoms with Gasteiger partial charge in [-0.2, -0.15) is 1.33 Å². The second-order valence-corrected chi connectivity index (χ2v) is 10.4. The zero-order valence-corrected chi connectivity index (χ0v) is 18.0. The van der Waals surface area contributed by atoms with Crippen LogP contribution in [-0.4, -0.2) is 61.8 Å². The molecule has 128 valence electrons. The molecule has 0 spiro atoms. The van der Waals surface area contributed by atoms with Crippen LogP contribution in [0.4, 0.5) is 0 Å². The normalized spacial score (nSPS) is 37.8. The number of carbonyl (C=O) groups is 1. The van der Waals surface area contributed by atoms with Gasteiger partial charge in [0.2, 0.25) is 5.78 Å². The zero-order chi connectivity index (χ0) is 17.4. The Bertz CT molecular complexity index is 576. The first-order chi connectivity index (χ1) is 10.7. The molecule has 1 aromatic rings. The summed E-state index contributed by atoms with van der Waals surface area (Å²) in [6.07, 6.45) is -4.30. The lowest BCUT2D eigenvalue weighted by atomic mass is 9.86. The van der Waals surface area contributed by atoms with Crippen LogP contribution in [-0.2, 0) is 4.74 Å². The summed E-state index contributed by atoms with van der Waals surface area (Å²) in [7, 11) is 0. The summed E-state index contributed by atoms with van der Waals surface area (Å²) in [5.41, 5.74) is 0.186. The molecule has 1 aliphatic rings. The first-order valence-electron chi connectivity index (χ1n) is 6.48. The molecule has 1 aliphatic heterocycles. The number of carbonyl (C=O) groups excluding carboxylic acids is 1. The number of hydrogen-bond donors (Lipinski definition) is 4. The van der Waals surface area contributed by atoms with Gasteiger partial charge in [-0.15, -0.1) is 0 Å². The molecule has 2 rings (SSSR count). The number of ether oxygens (including phenoxy) is 1. The number of alkyl halides is 1. The fraction of sp³-hybridized carbons (Fsp3) is 0.462. The molecule has 0 aromatic heterocycles. The van der Waals surface area contributed by atoms with Crippen LogP contribution >= 0.6 is 68.3 Å². The van der Waals surface area contributed by atoms with Gasteiger partial charge in [-0.3, -0.25) is 4.79 Å². The van der Waals surface area contributed by atoms with Crippen molar-refractivity contribution in [1.29, 1.82) is 0 Å². The topological polar surface area (TPSA) is 110 Å². The summed E-state index contributed by atoms with van der Waals surface area (Å²) in [6.45, 7) is -0.655. The van der Waals surface area contributed by atoms with E-state index in [1.807, 2.05) is 0 Å². The van der Waals surface area contributed by atoms with E-state index in [1.165, 1.54) is 13.5 Å². The first-order valence-corrected chi connectivity index (χ1v) is 9.48. The van der Waals surface area contributed by atoms with Crippen LogP contribution < -0.4 is 0 Å². The summed E-state index contributed by atoms with van der Waals surface area (Å²) in [5, 5.41) is 41.0. The van der Waals surface area contributed by atoms with Gasteiger partial charge in [0, 0.05) is 51.3 Å². The predicted molar refractivity (Wildman–Crippen MR) is 106 cm³/mol. The van der Waals surface area contributed by atoms with Crippen molar-refractivity contribution in [3.63, 3.8) is 0 Å². The molecule has 1 saturated heterocycles. The van der Waals surface area contributed by atoms with Crippen molar-refractivity contribution < 1.29 is 30.0 Å². The van der Waals surface area contributed by atoms with Gasteiger partial charge in [-0.25, -0.2) is 0 Å². The van der Waals surface area contributed by atoms with Crippen molar-refractivity contribution in [3.8, 4) is 0 Å². The highest BCUT2D eigenvalue weighted by molar-refractivity contribution is 14.2. The van der Waals surface area contributed by atoms with Crippen molar-refractivity contribution in [1.82, 2.24) is 1.33 Å². The number of Topliss-reactive ketones (excluding diaryl/α,β-unsaturated/α-hetero) is 1. The minimum absolute atomic E-state index is 0.186. The number of hydrogen-bond acceptors (Lipinski definition) is 7. The van der Waals surface area contributed by atoms with Gasteiger partial charge in [0.1, 0.15) is 18.3 Å². The van der Waals surface area contributed by atoms with E-state index in [-0.39, 0.29) is 5.56 Å². The van der Waals surface area contributed by atoms with E-state index in [9.17, 15) is 25.2 Å². The average Bonchev–Trinajstić information content (AvgIpc) is 2.56. The Morgan fingerprint density at radius 3 is 2.30 bits per heavy atom. The third kappa shape index (κ3) is 3.30. The second kappa shape index (κ2) is 7.61. The molecular formula is C13H14I3NO6. The SMILES string of the molecule is O=C(c1ccccc1)C1(O)O[C@H](CO)[C@@H](O)[C@H](O)[C@@]1(I)N(I)I. The number of benzene rings is 1. The van der Waals surface area contributed by atoms with Crippen molar-refractivity contribution in [2.24, 2.45) is 0 Å². The standard InChI is InChI=1S/C13H14I3NO6/c14-12(17(15)16)11(21)9(19)8(6-18)23-13(12,22)10(20)7-4-2-1-3-5-7/h1-5,8-9,11,18-19,21-22H,6H2/t8-,9-,11+,12-,13?/m1/s1. The molecule has 23 heavy (non-hydrogen) atoms. The number of ketones is 1. The summed E-state index contributed by atoms with van der Waals surface area (Å²) < 4.78 is 5.06.